The third-order valence-electron chi connectivity index (χ3n) is 7.04. The number of phenolic OH excluding ortho intramolecular Hbond substituents is 1. The molecule has 3 aliphatic heterocycles. The van der Waals surface area contributed by atoms with Crippen molar-refractivity contribution in [3.8, 4) is 11.6 Å². The fourth-order valence-electron chi connectivity index (χ4n) is 5.00. The number of carbonyl (C=O) groups is 2. The number of pyridine rings is 1. The highest BCUT2D eigenvalue weighted by Gasteiger charge is 2.30. The Morgan fingerprint density at radius 1 is 1.05 bits per heavy atom. The Morgan fingerprint density at radius 2 is 1.86 bits per heavy atom. The lowest BCUT2D eigenvalue weighted by atomic mass is 9.95. The second kappa shape index (κ2) is 13.4. The molecule has 3 aliphatic rings. The van der Waals surface area contributed by atoms with E-state index in [9.17, 15) is 14.7 Å². The highest BCUT2D eigenvalue weighted by molar-refractivity contribution is 5.99. The van der Waals surface area contributed by atoms with E-state index in [4.69, 9.17) is 9.47 Å². The predicted octanol–water partition coefficient (Wildman–Crippen LogP) is 2.84. The summed E-state index contributed by atoms with van der Waals surface area (Å²) in [5.41, 5.74) is 1.20. The number of nitrogens with one attached hydrogen (secondary N) is 1. The van der Waals surface area contributed by atoms with Crippen LogP contribution in [0.3, 0.4) is 0 Å². The van der Waals surface area contributed by atoms with Crippen molar-refractivity contribution in [3.05, 3.63) is 53.7 Å². The summed E-state index contributed by atoms with van der Waals surface area (Å²) in [5.74, 6) is 0.586. The number of piperidine rings is 1. The number of fused-ring (bicyclic) bond motifs is 12. The van der Waals surface area contributed by atoms with Gasteiger partial charge in [0.15, 0.2) is 0 Å². The van der Waals surface area contributed by atoms with E-state index >= 15 is 0 Å². The van der Waals surface area contributed by atoms with E-state index in [0.717, 1.165) is 31.4 Å². The summed E-state index contributed by atoms with van der Waals surface area (Å²) in [6.07, 6.45) is 4.73. The molecule has 0 saturated carbocycles. The summed E-state index contributed by atoms with van der Waals surface area (Å²) in [5, 5.41) is 13.2. The number of para-hydroxylation sites is 1. The average Bonchev–Trinajstić information content (AvgIpc) is 2.91. The van der Waals surface area contributed by atoms with E-state index in [1.807, 2.05) is 30.0 Å². The van der Waals surface area contributed by atoms with Gasteiger partial charge in [-0.15, -0.1) is 0 Å². The van der Waals surface area contributed by atoms with E-state index in [1.54, 1.807) is 24.4 Å². The average molecular weight is 511 g/mol. The third-order valence-corrected chi connectivity index (χ3v) is 7.04. The van der Waals surface area contributed by atoms with Gasteiger partial charge in [-0.05, 0) is 43.4 Å². The van der Waals surface area contributed by atoms with Gasteiger partial charge in [0.1, 0.15) is 24.0 Å². The zero-order chi connectivity index (χ0) is 26.0. The van der Waals surface area contributed by atoms with Crippen LogP contribution in [0.1, 0.15) is 48.5 Å². The van der Waals surface area contributed by atoms with E-state index in [-0.39, 0.29) is 24.3 Å². The number of hydrogen-bond donors (Lipinski definition) is 2. The minimum atomic E-state index is -0.582. The SMILES string of the molecule is CCC[C@H]1NC(=O)c2cccnc2OCCOCCN(Cc2ccccc2O)CC2CCN(CC2)C1=O. The van der Waals surface area contributed by atoms with Gasteiger partial charge in [-0.3, -0.25) is 14.5 Å². The van der Waals surface area contributed by atoms with Crippen LogP contribution in [0.5, 0.6) is 11.6 Å². The maximum atomic E-state index is 13.4. The lowest BCUT2D eigenvalue weighted by Gasteiger charge is -2.36. The van der Waals surface area contributed by atoms with Gasteiger partial charge in [-0.2, -0.15) is 0 Å². The molecule has 0 radical (unpaired) electrons. The number of amides is 2. The molecule has 0 aliphatic carbocycles. The van der Waals surface area contributed by atoms with Crippen LogP contribution in [-0.2, 0) is 16.1 Å². The summed E-state index contributed by atoms with van der Waals surface area (Å²) in [7, 11) is 0. The normalized spacial score (nSPS) is 22.5. The van der Waals surface area contributed by atoms with Crippen LogP contribution >= 0.6 is 0 Å². The largest absolute Gasteiger partial charge is 0.508 e. The lowest BCUT2D eigenvalue weighted by Crippen LogP contribution is -2.51. The van der Waals surface area contributed by atoms with Gasteiger partial charge >= 0.3 is 0 Å². The molecule has 1 saturated heterocycles. The van der Waals surface area contributed by atoms with E-state index in [0.29, 0.717) is 63.0 Å². The maximum Gasteiger partial charge on any atom is 0.257 e. The lowest BCUT2D eigenvalue weighted by molar-refractivity contribution is -0.135. The molecule has 1 atom stereocenters. The van der Waals surface area contributed by atoms with Crippen molar-refractivity contribution >= 4 is 11.8 Å². The second-order valence-electron chi connectivity index (χ2n) is 9.76. The maximum absolute atomic E-state index is 13.4. The van der Waals surface area contributed by atoms with Gasteiger partial charge in [0.2, 0.25) is 11.8 Å². The van der Waals surface area contributed by atoms with Crippen LogP contribution in [-0.4, -0.2) is 83.7 Å². The Morgan fingerprint density at radius 3 is 2.65 bits per heavy atom. The molecule has 9 heteroatoms. The van der Waals surface area contributed by atoms with E-state index in [2.05, 4.69) is 15.2 Å². The third kappa shape index (κ3) is 7.42. The Hall–Kier alpha value is -3.17. The number of aromatic hydroxyl groups is 1. The van der Waals surface area contributed by atoms with Crippen LogP contribution in [0.4, 0.5) is 0 Å². The minimum absolute atomic E-state index is 0.0272. The van der Waals surface area contributed by atoms with Gasteiger partial charge in [-0.25, -0.2) is 4.98 Å². The molecule has 1 fully saturated rings. The smallest absolute Gasteiger partial charge is 0.257 e. The van der Waals surface area contributed by atoms with Crippen LogP contribution in [0, 0.1) is 5.92 Å². The number of phenols is 1. The van der Waals surface area contributed by atoms with Crippen LogP contribution < -0.4 is 10.1 Å². The van der Waals surface area contributed by atoms with Gasteiger partial charge in [0, 0.05) is 44.5 Å². The van der Waals surface area contributed by atoms with Crippen LogP contribution in [0.25, 0.3) is 0 Å². The highest BCUT2D eigenvalue weighted by Crippen LogP contribution is 2.23. The van der Waals surface area contributed by atoms with Crippen LogP contribution in [0.2, 0.25) is 0 Å². The number of nitrogens with zero attached hydrogens (tertiary/aromatic N) is 3. The summed E-state index contributed by atoms with van der Waals surface area (Å²) in [6.45, 7) is 6.68. The minimum Gasteiger partial charge on any atom is -0.508 e. The number of aromatic nitrogens is 1. The topological polar surface area (TPSA) is 104 Å². The van der Waals surface area contributed by atoms with E-state index in [1.165, 1.54) is 0 Å². The summed E-state index contributed by atoms with van der Waals surface area (Å²) in [6, 6.07) is 10.2. The molecule has 2 N–H and O–H groups in total. The molecule has 4 heterocycles. The molecule has 0 spiro atoms. The molecule has 1 aromatic carbocycles. The Bertz CT molecular complexity index is 1040. The second-order valence-corrected chi connectivity index (χ2v) is 9.76. The van der Waals surface area contributed by atoms with Crippen molar-refractivity contribution in [2.24, 2.45) is 5.92 Å². The fourth-order valence-corrected chi connectivity index (χ4v) is 5.00. The van der Waals surface area contributed by atoms with Gasteiger partial charge < -0.3 is 24.8 Å². The standard InChI is InChI=1S/C28H38N4O5/c1-2-6-24-28(35)32-13-10-21(11-14-32)19-31(20-22-7-3-4-9-25(22)33)15-16-36-17-18-37-27-23(26(34)30-24)8-5-12-29-27/h3-5,7-9,12,21,24,33H,2,6,10-11,13-20H2,1H3,(H,30,34)/t24-/m1/s1. The summed E-state index contributed by atoms with van der Waals surface area (Å²) >= 11 is 0. The molecular formula is C28H38N4O5. The predicted molar refractivity (Wildman–Crippen MR) is 139 cm³/mol. The fraction of sp³-hybridized carbons (Fsp3) is 0.536. The van der Waals surface area contributed by atoms with Gasteiger partial charge in [0.05, 0.1) is 13.2 Å². The Kier molecular flexibility index (Phi) is 9.73. The van der Waals surface area contributed by atoms with Crippen molar-refractivity contribution in [2.45, 2.75) is 45.2 Å². The number of hydrogen-bond acceptors (Lipinski definition) is 7. The molecule has 2 aromatic rings. The zero-order valence-corrected chi connectivity index (χ0v) is 21.6. The zero-order valence-electron chi connectivity index (χ0n) is 21.6. The first-order valence-electron chi connectivity index (χ1n) is 13.3. The number of benzene rings is 1. The molecule has 37 heavy (non-hydrogen) atoms. The van der Waals surface area contributed by atoms with Gasteiger partial charge in [0.25, 0.3) is 5.91 Å². The first kappa shape index (κ1) is 26.9. The molecule has 2 amide bonds. The molecule has 200 valence electrons. The Balaban J connectivity index is 1.51. The molecule has 1 aromatic heterocycles. The van der Waals surface area contributed by atoms with Gasteiger partial charge in [-0.1, -0.05) is 31.5 Å². The summed E-state index contributed by atoms with van der Waals surface area (Å²) < 4.78 is 11.6. The highest BCUT2D eigenvalue weighted by atomic mass is 16.5. The van der Waals surface area contributed by atoms with Crippen molar-refractivity contribution in [3.63, 3.8) is 0 Å². The number of carbonyl (C=O) groups excluding carboxylic acids is 2. The molecule has 9 nitrogen and oxygen atoms in total. The monoisotopic (exact) mass is 510 g/mol. The quantitative estimate of drug-likeness (QED) is 0.610. The first-order chi connectivity index (χ1) is 18.0. The Labute approximate surface area is 218 Å². The molecular weight excluding hydrogens is 472 g/mol. The van der Waals surface area contributed by atoms with Crippen molar-refractivity contribution in [2.75, 3.05) is 46.0 Å². The van der Waals surface area contributed by atoms with Crippen molar-refractivity contribution in [1.29, 1.82) is 0 Å². The van der Waals surface area contributed by atoms with Crippen molar-refractivity contribution in [1.82, 2.24) is 20.1 Å². The van der Waals surface area contributed by atoms with E-state index < -0.39 is 6.04 Å². The molecule has 0 unspecified atom stereocenters. The molecule has 5 rings (SSSR count). The van der Waals surface area contributed by atoms with Crippen LogP contribution in [0.15, 0.2) is 42.6 Å². The van der Waals surface area contributed by atoms with Crippen molar-refractivity contribution < 1.29 is 24.2 Å². The first-order valence-corrected chi connectivity index (χ1v) is 13.3. The number of ether oxygens (including phenoxy) is 2. The summed E-state index contributed by atoms with van der Waals surface area (Å²) in [4.78, 5) is 34.9. The molecule has 2 bridgehead atoms. The number of rotatable bonds is 4.